The molecular weight excluding hydrogens is 402 g/mol. The fraction of sp³-hybridized carbons (Fsp3) is 0.0952. The summed E-state index contributed by atoms with van der Waals surface area (Å²) >= 11 is 6.32. The molecule has 4 aromatic rings. The van der Waals surface area contributed by atoms with Gasteiger partial charge in [-0.3, -0.25) is 9.97 Å². The Morgan fingerprint density at radius 2 is 1.80 bits per heavy atom. The van der Waals surface area contributed by atoms with Gasteiger partial charge in [0.1, 0.15) is 11.8 Å². The molecule has 2 aliphatic rings. The van der Waals surface area contributed by atoms with Crippen LogP contribution in [0, 0.1) is 0 Å². The van der Waals surface area contributed by atoms with Crippen LogP contribution in [0.5, 0.6) is 5.75 Å². The van der Waals surface area contributed by atoms with Crippen molar-refractivity contribution in [2.24, 2.45) is 0 Å². The highest BCUT2D eigenvalue weighted by molar-refractivity contribution is 6.30. The Morgan fingerprint density at radius 1 is 1.00 bits per heavy atom. The van der Waals surface area contributed by atoms with E-state index in [2.05, 4.69) is 30.8 Å². The highest BCUT2D eigenvalue weighted by Gasteiger charge is 2.41. The first-order valence-electron chi connectivity index (χ1n) is 9.35. The number of anilines is 1. The quantitative estimate of drug-likeness (QED) is 0.534. The van der Waals surface area contributed by atoms with Gasteiger partial charge in [-0.1, -0.05) is 28.8 Å². The summed E-state index contributed by atoms with van der Waals surface area (Å²) in [6.45, 7) is 0. The number of hydrogen-bond donors (Lipinski definition) is 1. The van der Waals surface area contributed by atoms with Gasteiger partial charge in [0.2, 0.25) is 5.95 Å². The fourth-order valence-corrected chi connectivity index (χ4v) is 4.20. The summed E-state index contributed by atoms with van der Waals surface area (Å²) < 4.78 is 8.24. The molecule has 0 saturated heterocycles. The lowest BCUT2D eigenvalue weighted by Crippen LogP contribution is -2.32. The number of tetrazole rings is 1. The third kappa shape index (κ3) is 2.57. The van der Waals surface area contributed by atoms with Crippen LogP contribution in [0.25, 0.3) is 5.70 Å². The molecule has 0 radical (unpaired) electrons. The lowest BCUT2D eigenvalue weighted by Gasteiger charge is -2.38. The molecule has 5 heterocycles. The van der Waals surface area contributed by atoms with Crippen LogP contribution >= 0.6 is 11.6 Å². The van der Waals surface area contributed by atoms with Crippen molar-refractivity contribution in [2.45, 2.75) is 12.1 Å². The molecular formula is C21H14ClN7O. The summed E-state index contributed by atoms with van der Waals surface area (Å²) in [7, 11) is 0. The van der Waals surface area contributed by atoms with Gasteiger partial charge < -0.3 is 10.1 Å². The van der Waals surface area contributed by atoms with Crippen molar-refractivity contribution in [2.75, 3.05) is 5.32 Å². The van der Waals surface area contributed by atoms with Gasteiger partial charge in [-0.05, 0) is 46.3 Å². The number of rotatable bonds is 2. The van der Waals surface area contributed by atoms with E-state index < -0.39 is 6.10 Å². The minimum absolute atomic E-state index is 0.308. The molecule has 3 aromatic heterocycles. The Kier molecular flexibility index (Phi) is 3.78. The molecule has 30 heavy (non-hydrogen) atoms. The van der Waals surface area contributed by atoms with Crippen molar-refractivity contribution in [3.8, 4) is 5.75 Å². The van der Waals surface area contributed by atoms with E-state index >= 15 is 0 Å². The Morgan fingerprint density at radius 3 is 2.57 bits per heavy atom. The van der Waals surface area contributed by atoms with E-state index in [0.717, 1.165) is 33.7 Å². The number of ether oxygens (including phenoxy) is 1. The molecule has 0 bridgehead atoms. The first kappa shape index (κ1) is 17.1. The summed E-state index contributed by atoms with van der Waals surface area (Å²) in [5.74, 6) is 1.27. The Labute approximate surface area is 176 Å². The van der Waals surface area contributed by atoms with Gasteiger partial charge in [-0.15, -0.1) is 0 Å². The number of hydrogen-bond acceptors (Lipinski definition) is 7. The normalized spacial score (nSPS) is 19.2. The summed E-state index contributed by atoms with van der Waals surface area (Å²) in [5.41, 5.74) is 4.58. The summed E-state index contributed by atoms with van der Waals surface area (Å²) in [4.78, 5) is 8.61. The molecule has 2 aliphatic heterocycles. The average molecular weight is 416 g/mol. The highest BCUT2D eigenvalue weighted by Crippen LogP contribution is 2.50. The monoisotopic (exact) mass is 415 g/mol. The lowest BCUT2D eigenvalue weighted by molar-refractivity contribution is 0.222. The van der Waals surface area contributed by atoms with Crippen molar-refractivity contribution in [1.82, 2.24) is 30.2 Å². The second kappa shape index (κ2) is 6.64. The summed E-state index contributed by atoms with van der Waals surface area (Å²) in [5, 5.41) is 16.3. The van der Waals surface area contributed by atoms with Gasteiger partial charge in [0.05, 0.1) is 5.70 Å². The van der Waals surface area contributed by atoms with E-state index in [0.29, 0.717) is 11.0 Å². The molecule has 2 atom stereocenters. The average Bonchev–Trinajstić information content (AvgIpc) is 3.27. The maximum absolute atomic E-state index is 6.49. The van der Waals surface area contributed by atoms with Crippen LogP contribution in [-0.2, 0) is 0 Å². The number of pyridine rings is 2. The number of nitrogens with zero attached hydrogens (tertiary/aromatic N) is 6. The Hall–Kier alpha value is -3.78. The summed E-state index contributed by atoms with van der Waals surface area (Å²) in [6, 6.07) is 13.1. The Bertz CT molecular complexity index is 1270. The predicted molar refractivity (Wildman–Crippen MR) is 110 cm³/mol. The van der Waals surface area contributed by atoms with Crippen molar-refractivity contribution >= 4 is 23.2 Å². The van der Waals surface area contributed by atoms with Gasteiger partial charge >= 0.3 is 0 Å². The van der Waals surface area contributed by atoms with Crippen LogP contribution in [0.4, 0.5) is 5.95 Å². The molecule has 0 amide bonds. The zero-order chi connectivity index (χ0) is 20.1. The second-order valence-electron chi connectivity index (χ2n) is 7.02. The van der Waals surface area contributed by atoms with Gasteiger partial charge in [0.15, 0.2) is 6.10 Å². The number of nitrogens with one attached hydrogen (secondary N) is 1. The molecule has 146 valence electrons. The van der Waals surface area contributed by atoms with Gasteiger partial charge in [0, 0.05) is 46.5 Å². The van der Waals surface area contributed by atoms with Crippen molar-refractivity contribution in [1.29, 1.82) is 0 Å². The number of aromatic nitrogens is 6. The molecule has 0 spiro atoms. The molecule has 9 heteroatoms. The zero-order valence-electron chi connectivity index (χ0n) is 15.5. The second-order valence-corrected chi connectivity index (χ2v) is 7.45. The lowest BCUT2D eigenvalue weighted by atomic mass is 9.85. The smallest absolute Gasteiger partial charge is 0.248 e. The first-order chi connectivity index (χ1) is 14.8. The molecule has 8 nitrogen and oxygen atoms in total. The van der Waals surface area contributed by atoms with Gasteiger partial charge in [-0.25, -0.2) is 0 Å². The molecule has 1 aromatic carbocycles. The van der Waals surface area contributed by atoms with Crippen LogP contribution < -0.4 is 10.1 Å². The van der Waals surface area contributed by atoms with Crippen LogP contribution in [-0.4, -0.2) is 30.2 Å². The SMILES string of the molecule is Clc1ccc2c(c1)C1=C([C@@H](c3cccnc3)O2)[C@@H](c2cccnc2)n2nnnc2N1. The molecule has 0 fully saturated rings. The van der Waals surface area contributed by atoms with Crippen molar-refractivity contribution in [3.05, 3.63) is 94.5 Å². The topological polar surface area (TPSA) is 90.6 Å². The Balaban J connectivity index is 1.65. The third-order valence-corrected chi connectivity index (χ3v) is 5.52. The van der Waals surface area contributed by atoms with Crippen LogP contribution in [0.15, 0.2) is 72.8 Å². The minimum Gasteiger partial charge on any atom is -0.480 e. The van der Waals surface area contributed by atoms with Crippen LogP contribution in [0.2, 0.25) is 5.02 Å². The molecule has 0 saturated carbocycles. The number of benzene rings is 1. The van der Waals surface area contributed by atoms with E-state index in [-0.39, 0.29) is 6.04 Å². The highest BCUT2D eigenvalue weighted by atomic mass is 35.5. The van der Waals surface area contributed by atoms with E-state index in [1.807, 2.05) is 54.9 Å². The van der Waals surface area contributed by atoms with Crippen molar-refractivity contribution in [3.63, 3.8) is 0 Å². The van der Waals surface area contributed by atoms with Gasteiger partial charge in [-0.2, -0.15) is 4.68 Å². The standard InChI is InChI=1S/C21H14ClN7O/c22-14-5-6-16-15(9-14)18-17(20(30-16)13-4-2-8-24-11-13)19(12-3-1-7-23-10-12)29-21(25-18)26-27-28-29/h1-11,19-20H,(H,25,26,28)/t19-,20-/m1/s1. The predicted octanol–water partition coefficient (Wildman–Crippen LogP) is 3.68. The van der Waals surface area contributed by atoms with E-state index in [9.17, 15) is 0 Å². The fourth-order valence-electron chi connectivity index (χ4n) is 4.03. The number of fused-ring (bicyclic) bond motifs is 3. The molecule has 0 aliphatic carbocycles. The van der Waals surface area contributed by atoms with E-state index in [4.69, 9.17) is 16.3 Å². The molecule has 1 N–H and O–H groups in total. The minimum atomic E-state index is -0.391. The largest absolute Gasteiger partial charge is 0.480 e. The first-order valence-corrected chi connectivity index (χ1v) is 9.73. The molecule has 6 rings (SSSR count). The molecule has 0 unspecified atom stereocenters. The van der Waals surface area contributed by atoms with Crippen LogP contribution in [0.1, 0.15) is 28.8 Å². The van der Waals surface area contributed by atoms with Gasteiger partial charge in [0.25, 0.3) is 0 Å². The van der Waals surface area contributed by atoms with E-state index in [1.54, 1.807) is 17.1 Å². The maximum Gasteiger partial charge on any atom is 0.248 e. The number of halogens is 1. The van der Waals surface area contributed by atoms with Crippen molar-refractivity contribution < 1.29 is 4.74 Å². The van der Waals surface area contributed by atoms with E-state index in [1.165, 1.54) is 0 Å². The van der Waals surface area contributed by atoms with Crippen LogP contribution in [0.3, 0.4) is 0 Å². The summed E-state index contributed by atoms with van der Waals surface area (Å²) in [6.07, 6.45) is 6.72. The third-order valence-electron chi connectivity index (χ3n) is 5.28. The maximum atomic E-state index is 6.49. The zero-order valence-corrected chi connectivity index (χ0v) is 16.2.